The minimum absolute atomic E-state index is 0.0621. The normalized spacial score (nSPS) is 12.5. The first-order chi connectivity index (χ1) is 39.5. The number of ether oxygens (including phenoxy) is 2. The van der Waals surface area contributed by atoms with Gasteiger partial charge in [0.05, 0.1) is 23.3 Å². The minimum atomic E-state index is -0.999. The van der Waals surface area contributed by atoms with Gasteiger partial charge in [-0.3, -0.25) is 0 Å². The number of aromatic hydroxyl groups is 2. The van der Waals surface area contributed by atoms with Crippen LogP contribution in [0.15, 0.2) is 194 Å². The average molecular weight is 1110 g/mol. The Morgan fingerprint density at radius 1 is 0.361 bits per heavy atom. The van der Waals surface area contributed by atoms with Gasteiger partial charge < -0.3 is 19.7 Å². The Labute approximate surface area is 485 Å². The van der Waals surface area contributed by atoms with Gasteiger partial charge in [0.15, 0.2) is 0 Å². The Bertz CT molecular complexity index is 3640. The highest BCUT2D eigenvalue weighted by Crippen LogP contribution is 2.50. The first-order valence-electron chi connectivity index (χ1n) is 28.1. The molecule has 0 bridgehead atoms. The van der Waals surface area contributed by atoms with Crippen molar-refractivity contribution < 1.29 is 37.2 Å². The third-order valence-corrected chi connectivity index (χ3v) is 15.1. The molecule has 0 aliphatic carbocycles. The summed E-state index contributed by atoms with van der Waals surface area (Å²) < 4.78 is 81.5. The number of hydrogen-bond acceptors (Lipinski definition) is 4. The molecule has 0 radical (unpaired) electrons. The highest BCUT2D eigenvalue weighted by molar-refractivity contribution is 5.91. The lowest BCUT2D eigenvalue weighted by Gasteiger charge is -2.28. The minimum Gasteiger partial charge on any atom is -0.507 e. The molecule has 0 aliphatic heterocycles. The molecule has 0 heterocycles. The van der Waals surface area contributed by atoms with Crippen LogP contribution in [0.5, 0.6) is 23.0 Å². The average Bonchev–Trinajstić information content (AvgIpc) is 3.65. The molecule has 0 saturated heterocycles. The molecule has 420 valence electrons. The fraction of sp³-hybridized carbons (Fsp3) is 0.200. The maximum atomic E-state index is 17.6. The molecule has 10 aromatic carbocycles. The largest absolute Gasteiger partial charge is 0.507 e. The SMILES string of the molecule is Cc1cc(-c2cc(-c3ccccc3)cc(-c3ccccc3)c2)c(O)c(-c2c(O[C@H](C)C[C@H](C)Oc3cc(F)c(C(C)(C)C)c(F)c3-c3cc(C)cc(-c4cc(-c5ccccc5)cc(-c5ccccc5)c4)c3O)cc(F)c(C(C)(C)C)c2F)c1. The summed E-state index contributed by atoms with van der Waals surface area (Å²) in [6.07, 6.45) is -1.59. The third-order valence-electron chi connectivity index (χ3n) is 15.1. The lowest BCUT2D eigenvalue weighted by molar-refractivity contribution is 0.130. The third kappa shape index (κ3) is 12.1. The van der Waals surface area contributed by atoms with Crippen LogP contribution in [-0.4, -0.2) is 22.4 Å². The second-order valence-electron chi connectivity index (χ2n) is 23.9. The van der Waals surface area contributed by atoms with Gasteiger partial charge in [0.25, 0.3) is 0 Å². The Morgan fingerprint density at radius 2 is 0.627 bits per heavy atom. The summed E-state index contributed by atoms with van der Waals surface area (Å²) in [4.78, 5) is 0. The van der Waals surface area contributed by atoms with Gasteiger partial charge in [-0.1, -0.05) is 163 Å². The van der Waals surface area contributed by atoms with Crippen LogP contribution < -0.4 is 9.47 Å². The van der Waals surface area contributed by atoms with Crippen molar-refractivity contribution in [3.63, 3.8) is 0 Å². The summed E-state index contributed by atoms with van der Waals surface area (Å²) in [5, 5.41) is 25.1. The molecule has 0 amide bonds. The van der Waals surface area contributed by atoms with E-state index in [1.807, 2.05) is 172 Å². The van der Waals surface area contributed by atoms with Gasteiger partial charge in [0, 0.05) is 51.9 Å². The fourth-order valence-electron chi connectivity index (χ4n) is 11.4. The van der Waals surface area contributed by atoms with E-state index in [1.165, 1.54) is 0 Å². The van der Waals surface area contributed by atoms with Crippen LogP contribution in [-0.2, 0) is 10.8 Å². The number of phenolic OH excluding ortho intramolecular Hbond substituents is 2. The van der Waals surface area contributed by atoms with E-state index in [9.17, 15) is 10.2 Å². The van der Waals surface area contributed by atoms with Crippen molar-refractivity contribution in [2.75, 3.05) is 0 Å². The second-order valence-corrected chi connectivity index (χ2v) is 23.9. The molecule has 4 nitrogen and oxygen atoms in total. The smallest absolute Gasteiger partial charge is 0.141 e. The van der Waals surface area contributed by atoms with Crippen LogP contribution in [0.25, 0.3) is 89.0 Å². The van der Waals surface area contributed by atoms with Gasteiger partial charge in [-0.25, -0.2) is 17.6 Å². The number of benzene rings is 10. The summed E-state index contributed by atoms with van der Waals surface area (Å²) in [5.74, 6) is -4.16. The monoisotopic (exact) mass is 1110 g/mol. The molecule has 0 spiro atoms. The van der Waals surface area contributed by atoms with E-state index in [4.69, 9.17) is 9.47 Å². The first kappa shape index (κ1) is 57.4. The Hall–Kier alpha value is -8.88. The second kappa shape index (κ2) is 23.2. The van der Waals surface area contributed by atoms with E-state index in [0.717, 1.165) is 56.6 Å². The summed E-state index contributed by atoms with van der Waals surface area (Å²) in [6, 6.07) is 61.2. The quantitative estimate of drug-likeness (QED) is 0.107. The van der Waals surface area contributed by atoms with E-state index in [1.54, 1.807) is 67.5 Å². The maximum absolute atomic E-state index is 17.6. The van der Waals surface area contributed by atoms with Crippen molar-refractivity contribution in [1.82, 2.24) is 0 Å². The van der Waals surface area contributed by atoms with Crippen molar-refractivity contribution >= 4 is 0 Å². The van der Waals surface area contributed by atoms with Gasteiger partial charge in [0.1, 0.15) is 46.3 Å². The van der Waals surface area contributed by atoms with Gasteiger partial charge in [-0.05, 0) is 166 Å². The summed E-state index contributed by atoms with van der Waals surface area (Å²) in [7, 11) is 0. The molecule has 0 aliphatic rings. The van der Waals surface area contributed by atoms with E-state index >= 15 is 17.6 Å². The molecular formula is C75H68F4O4. The number of hydrogen-bond donors (Lipinski definition) is 2. The number of aryl methyl sites for hydroxylation is 2. The number of rotatable bonds is 14. The lowest BCUT2D eigenvalue weighted by atomic mass is 9.83. The zero-order valence-electron chi connectivity index (χ0n) is 48.6. The molecular weight excluding hydrogens is 1040 g/mol. The van der Waals surface area contributed by atoms with Crippen molar-refractivity contribution in [2.24, 2.45) is 0 Å². The topological polar surface area (TPSA) is 58.9 Å². The Balaban J connectivity index is 1.03. The van der Waals surface area contributed by atoms with Crippen LogP contribution in [0, 0.1) is 37.1 Å². The van der Waals surface area contributed by atoms with Crippen LogP contribution in [0.3, 0.4) is 0 Å². The zero-order chi connectivity index (χ0) is 59.1. The number of halogens is 4. The highest BCUT2D eigenvalue weighted by atomic mass is 19.1. The van der Waals surface area contributed by atoms with Crippen molar-refractivity contribution in [1.29, 1.82) is 0 Å². The van der Waals surface area contributed by atoms with Crippen LogP contribution in [0.4, 0.5) is 17.6 Å². The molecule has 83 heavy (non-hydrogen) atoms. The van der Waals surface area contributed by atoms with Crippen molar-refractivity contribution in [3.8, 4) is 112 Å². The van der Waals surface area contributed by atoms with E-state index in [0.29, 0.717) is 33.4 Å². The van der Waals surface area contributed by atoms with Crippen molar-refractivity contribution in [3.05, 3.63) is 240 Å². The van der Waals surface area contributed by atoms with Gasteiger partial charge >= 0.3 is 0 Å². The molecule has 0 fully saturated rings. The summed E-state index contributed by atoms with van der Waals surface area (Å²) in [6.45, 7) is 17.5. The molecule has 0 aromatic heterocycles. The molecule has 0 saturated carbocycles. The fourth-order valence-corrected chi connectivity index (χ4v) is 11.4. The predicted molar refractivity (Wildman–Crippen MR) is 331 cm³/mol. The Morgan fingerprint density at radius 3 is 0.904 bits per heavy atom. The highest BCUT2D eigenvalue weighted by Gasteiger charge is 2.34. The van der Waals surface area contributed by atoms with Crippen LogP contribution in [0.2, 0.25) is 0 Å². The number of phenols is 2. The van der Waals surface area contributed by atoms with Gasteiger partial charge in [0.2, 0.25) is 0 Å². The van der Waals surface area contributed by atoms with E-state index in [2.05, 4.69) is 12.1 Å². The van der Waals surface area contributed by atoms with Gasteiger partial charge in [-0.2, -0.15) is 0 Å². The van der Waals surface area contributed by atoms with E-state index < -0.39 is 46.3 Å². The van der Waals surface area contributed by atoms with Gasteiger partial charge in [-0.15, -0.1) is 0 Å². The van der Waals surface area contributed by atoms with Crippen LogP contribution >= 0.6 is 0 Å². The van der Waals surface area contributed by atoms with E-state index in [-0.39, 0.29) is 62.8 Å². The molecule has 10 rings (SSSR count). The molecule has 2 atom stereocenters. The molecule has 0 unspecified atom stereocenters. The maximum Gasteiger partial charge on any atom is 0.141 e. The van der Waals surface area contributed by atoms with Crippen LogP contribution in [0.1, 0.15) is 84.1 Å². The molecule has 8 heteroatoms. The predicted octanol–water partition coefficient (Wildman–Crippen LogP) is 20.8. The van der Waals surface area contributed by atoms with Crippen molar-refractivity contribution in [2.45, 2.75) is 98.7 Å². The summed E-state index contributed by atoms with van der Waals surface area (Å²) >= 11 is 0. The lowest BCUT2D eigenvalue weighted by Crippen LogP contribution is -2.25. The molecule has 10 aromatic rings. The Kier molecular flexibility index (Phi) is 16.0. The summed E-state index contributed by atoms with van der Waals surface area (Å²) in [5.41, 5.74) is 8.78. The standard InChI is InChI=1S/C75H68F4O4/c1-44-31-58(56-38-52(48-23-15-11-16-24-48)36-53(39-56)49-25-17-12-18-26-49)72(80)60(33-44)66-64(42-62(76)68(70(66)78)74(5,6)7)82-46(3)35-47(4)83-65-43-63(77)69(75(8,9)10)71(79)67(65)61-34-45(2)32-59(73(61)81)57-40-54(50-27-19-13-20-28-50)37-55(41-57)51-29-21-14-22-30-51/h11-34,36-43,46-47,80-81H,35H2,1-10H3/t46-,47+. The molecule has 2 N–H and O–H groups in total. The first-order valence-corrected chi connectivity index (χ1v) is 28.1. The zero-order valence-corrected chi connectivity index (χ0v) is 48.6.